The standard InChI is InChI=1S/C26H26Cl2N2O4.C23H22Cl2N2O4.C20H23ClN2O4.C17H20ClNO5/c1-26(2)33-22(24(31)29-14-4-6-17-10-12-19(27)13-11-17)23(34-26)25(32)30-15-5-9-21(30)18-7-3-8-20(28)16-18;24-17-10-8-15(9-11-17)4-2-12-26-22(30)20(28)21(29)23(31)27-13-3-7-19(27)16-5-1-6-18(25)14-16;1-4-10-22-18(24)16-17(27-20(2,3)26-16)19(25)23-11-6-9-15(23)13-7-5-8-14(21)12-13;1-17(2)23-13(14(24-17)16(21)22)15(20)19-8-4-7-12(19)10-5-3-6-11(18)9-10/h3,7-8,10-13,16,21-23H,5,9,14-15H2,1-2H3,(H,29,31);1,5-6,8-11,14,19-21,28-29H,3,7,12-13H2,(H,26,30);1,5,7-8,12,15-17H,6,9-11H2,2-3H3,(H,22,24);3,5-6,9,12-14H,4,7-8H2,1-2H3,(H,21,22)/t21?,22-,23-;19?,20-,21-;15?,16-,17-;12?,13-,14-/m1111/s1. The maximum Gasteiger partial charge on any atom is 0.336 e. The van der Waals surface area contributed by atoms with Crippen LogP contribution >= 0.6 is 69.6 Å². The highest BCUT2D eigenvalue weighted by Crippen LogP contribution is 2.42. The Bertz CT molecular complexity index is 4720. The van der Waals surface area contributed by atoms with E-state index in [-0.39, 0.29) is 61.5 Å². The Morgan fingerprint density at radius 3 is 1.05 bits per heavy atom. The first kappa shape index (κ1) is 89.5. The number of benzene rings is 6. The smallest absolute Gasteiger partial charge is 0.336 e. The molecular formula is C86H91Cl6N7O17. The number of hydrogen-bond donors (Lipinski definition) is 6. The van der Waals surface area contributed by atoms with Gasteiger partial charge in [-0.15, -0.1) is 6.42 Å². The third-order valence-electron chi connectivity index (χ3n) is 19.9. The minimum atomic E-state index is -1.90. The fourth-order valence-corrected chi connectivity index (χ4v) is 15.8. The van der Waals surface area contributed by atoms with E-state index in [0.717, 1.165) is 78.3 Å². The van der Waals surface area contributed by atoms with Crippen molar-refractivity contribution in [2.45, 2.75) is 183 Å². The second-order valence-corrected chi connectivity index (χ2v) is 32.2. The lowest BCUT2D eigenvalue weighted by Crippen LogP contribution is -2.50. The van der Waals surface area contributed by atoms with E-state index in [2.05, 4.69) is 45.6 Å². The number of carbonyl (C=O) groups is 8. The summed E-state index contributed by atoms with van der Waals surface area (Å²) < 4.78 is 34.2. The summed E-state index contributed by atoms with van der Waals surface area (Å²) in [6.45, 7) is 12.2. The van der Waals surface area contributed by atoms with Crippen molar-refractivity contribution in [3.63, 3.8) is 0 Å². The summed E-state index contributed by atoms with van der Waals surface area (Å²) >= 11 is 36.1. The number of halogens is 6. The van der Waals surface area contributed by atoms with Gasteiger partial charge in [-0.25, -0.2) is 4.79 Å². The van der Waals surface area contributed by atoms with Gasteiger partial charge in [0.15, 0.2) is 66.2 Å². The number of carbonyl (C=O) groups excluding carboxylic acids is 7. The Kier molecular flexibility index (Phi) is 31.3. The highest BCUT2D eigenvalue weighted by molar-refractivity contribution is 6.32. The van der Waals surface area contributed by atoms with Gasteiger partial charge < -0.3 is 79.3 Å². The van der Waals surface area contributed by atoms with E-state index in [9.17, 15) is 53.7 Å². The van der Waals surface area contributed by atoms with Crippen molar-refractivity contribution in [1.29, 1.82) is 0 Å². The normalized spacial score (nSPS) is 23.7. The zero-order chi connectivity index (χ0) is 83.8. The summed E-state index contributed by atoms with van der Waals surface area (Å²) in [7, 11) is 0. The average molecular weight is 1710 g/mol. The van der Waals surface area contributed by atoms with E-state index in [0.29, 0.717) is 62.7 Å². The molecule has 0 aromatic heterocycles. The van der Waals surface area contributed by atoms with Crippen LogP contribution in [0.15, 0.2) is 146 Å². The predicted molar refractivity (Wildman–Crippen MR) is 436 cm³/mol. The predicted octanol–water partition coefficient (Wildman–Crippen LogP) is 11.8. The van der Waals surface area contributed by atoms with Crippen molar-refractivity contribution >= 4 is 117 Å². The molecule has 614 valence electrons. The molecule has 7 aliphatic heterocycles. The number of ether oxygens (including phenoxy) is 6. The lowest BCUT2D eigenvalue weighted by Gasteiger charge is -2.28. The summed E-state index contributed by atoms with van der Waals surface area (Å²) in [4.78, 5) is 108. The Labute approximate surface area is 704 Å². The molecule has 0 radical (unpaired) electrons. The van der Waals surface area contributed by atoms with E-state index < -0.39 is 95.8 Å². The first-order chi connectivity index (χ1) is 55.2. The number of amides is 7. The van der Waals surface area contributed by atoms with Crippen LogP contribution in [0.5, 0.6) is 0 Å². The molecule has 6 aromatic carbocycles. The molecule has 7 heterocycles. The van der Waals surface area contributed by atoms with Crippen molar-refractivity contribution < 1.29 is 82.1 Å². The maximum absolute atomic E-state index is 13.5. The fraction of sp³-hybridized carbons (Fsp3) is 0.419. The number of rotatable bonds is 16. The molecule has 13 rings (SSSR count). The quantitative estimate of drug-likeness (QED) is 0.0491. The van der Waals surface area contributed by atoms with Gasteiger partial charge in [0, 0.05) is 67.4 Å². The number of likely N-dealkylation sites (tertiary alicyclic amines) is 4. The Morgan fingerprint density at radius 1 is 0.414 bits per heavy atom. The van der Waals surface area contributed by atoms with Gasteiger partial charge in [-0.2, -0.15) is 0 Å². The van der Waals surface area contributed by atoms with Gasteiger partial charge in [0.1, 0.15) is 0 Å². The second-order valence-electron chi connectivity index (χ2n) is 29.6. The molecule has 4 unspecified atom stereocenters. The van der Waals surface area contributed by atoms with Gasteiger partial charge >= 0.3 is 5.97 Å². The number of aliphatic carboxylic acids is 1. The highest BCUT2D eigenvalue weighted by Gasteiger charge is 2.55. The fourth-order valence-electron chi connectivity index (χ4n) is 14.8. The number of hydrogen-bond acceptors (Lipinski definition) is 16. The molecule has 7 saturated heterocycles. The van der Waals surface area contributed by atoms with E-state index in [1.807, 2.05) is 60.7 Å². The van der Waals surface area contributed by atoms with Crippen LogP contribution in [0.4, 0.5) is 0 Å². The Balaban J connectivity index is 0.000000165. The second kappa shape index (κ2) is 40.6. The first-order valence-corrected chi connectivity index (χ1v) is 40.1. The van der Waals surface area contributed by atoms with Crippen LogP contribution in [0.25, 0.3) is 0 Å². The van der Waals surface area contributed by atoms with Crippen LogP contribution < -0.4 is 16.0 Å². The van der Waals surface area contributed by atoms with Crippen LogP contribution in [-0.2, 0) is 66.8 Å². The topological polar surface area (TPSA) is 302 Å². The van der Waals surface area contributed by atoms with E-state index >= 15 is 0 Å². The molecular weight excluding hydrogens is 1620 g/mol. The molecule has 7 aliphatic rings. The van der Waals surface area contributed by atoms with Crippen LogP contribution in [-0.4, -0.2) is 194 Å². The maximum atomic E-state index is 13.5. The summed E-state index contributed by atoms with van der Waals surface area (Å²) in [5.74, 6) is 6.04. The summed E-state index contributed by atoms with van der Waals surface area (Å²) in [6.07, 6.45) is 1.30. The highest BCUT2D eigenvalue weighted by atomic mass is 35.5. The lowest BCUT2D eigenvalue weighted by molar-refractivity contribution is -0.167. The SMILES string of the molecule is C#CCNC(=O)[C@@H]1OC(C)(C)O[C@H]1C(=O)N1CCCC1c1cccc(Cl)c1.CC1(C)O[C@@H](C(=O)NCC#Cc2ccc(Cl)cc2)[C@H](C(=O)N2CCCC2c2cccc(Cl)c2)O1.CC1(C)O[C@@H](C(=O)O)[C@H](C(=O)N2CCCC2c2cccc(Cl)c2)O1.O=C(NCC#Cc1ccc(Cl)cc1)[C@H](O)[C@@H](O)C(=O)N1CCCC1c1cccc(Cl)c1. The number of carboxylic acids is 1. The Hall–Kier alpha value is -8.82. The van der Waals surface area contributed by atoms with Gasteiger partial charge in [-0.05, 0) is 212 Å². The van der Waals surface area contributed by atoms with Crippen LogP contribution in [0.2, 0.25) is 30.1 Å². The van der Waals surface area contributed by atoms with Gasteiger partial charge in [0.2, 0.25) is 0 Å². The van der Waals surface area contributed by atoms with Crippen LogP contribution in [0, 0.1) is 36.0 Å². The number of terminal acetylenes is 1. The molecule has 0 aliphatic carbocycles. The lowest BCUT2D eigenvalue weighted by atomic mass is 10.0. The molecule has 24 nitrogen and oxygen atoms in total. The van der Waals surface area contributed by atoms with Crippen LogP contribution in [0.3, 0.4) is 0 Å². The molecule has 7 fully saturated rings. The third kappa shape index (κ3) is 23.8. The number of aliphatic hydroxyl groups is 2. The Morgan fingerprint density at radius 2 is 0.716 bits per heavy atom. The molecule has 12 atom stereocenters. The van der Waals surface area contributed by atoms with Gasteiger partial charge in [0.05, 0.1) is 43.8 Å². The van der Waals surface area contributed by atoms with E-state index in [1.54, 1.807) is 141 Å². The molecule has 116 heavy (non-hydrogen) atoms. The number of nitrogens with zero attached hydrogens (tertiary/aromatic N) is 4. The molecule has 0 saturated carbocycles. The monoisotopic (exact) mass is 1700 g/mol. The van der Waals surface area contributed by atoms with Crippen molar-refractivity contribution in [2.24, 2.45) is 0 Å². The zero-order valence-electron chi connectivity index (χ0n) is 64.6. The number of aliphatic hydroxyl groups excluding tert-OH is 2. The summed E-state index contributed by atoms with van der Waals surface area (Å²) in [6, 6.07) is 42.9. The van der Waals surface area contributed by atoms with E-state index in [4.69, 9.17) is 104 Å². The number of carboxylic acid groups (broad SMARTS) is 1. The van der Waals surface area contributed by atoms with Crippen LogP contribution in [0.1, 0.15) is 150 Å². The largest absolute Gasteiger partial charge is 0.479 e. The third-order valence-corrected chi connectivity index (χ3v) is 21.3. The van der Waals surface area contributed by atoms with Gasteiger partial charge in [0.25, 0.3) is 41.4 Å². The molecule has 0 spiro atoms. The number of nitrogens with one attached hydrogen (secondary N) is 3. The van der Waals surface area contributed by atoms with Crippen molar-refractivity contribution in [1.82, 2.24) is 35.6 Å². The molecule has 6 N–H and O–H groups in total. The van der Waals surface area contributed by atoms with Crippen molar-refractivity contribution in [3.8, 4) is 36.0 Å². The molecule has 0 bridgehead atoms. The summed E-state index contributed by atoms with van der Waals surface area (Å²) in [5.41, 5.74) is 5.24. The minimum absolute atomic E-state index is 0.0473. The summed E-state index contributed by atoms with van der Waals surface area (Å²) in [5, 5.41) is 41.2. The zero-order valence-corrected chi connectivity index (χ0v) is 69.1. The van der Waals surface area contributed by atoms with Crippen molar-refractivity contribution in [2.75, 3.05) is 45.8 Å². The van der Waals surface area contributed by atoms with E-state index in [1.165, 1.54) is 4.90 Å². The van der Waals surface area contributed by atoms with Crippen molar-refractivity contribution in [3.05, 3.63) is 209 Å². The van der Waals surface area contributed by atoms with Gasteiger partial charge in [-0.3, -0.25) is 33.6 Å². The molecule has 7 amide bonds. The average Bonchev–Trinajstić information content (AvgIpc) is 1.64. The molecule has 6 aromatic rings. The van der Waals surface area contributed by atoms with Gasteiger partial charge in [-0.1, -0.05) is 148 Å². The first-order valence-electron chi connectivity index (χ1n) is 37.9. The minimum Gasteiger partial charge on any atom is -0.479 e. The molecule has 30 heteroatoms.